The Morgan fingerprint density at radius 2 is 1.24 bits per heavy atom. The van der Waals surface area contributed by atoms with Gasteiger partial charge in [-0.1, -0.05) is 30.3 Å². The van der Waals surface area contributed by atoms with Crippen molar-refractivity contribution in [1.82, 2.24) is 5.32 Å². The Bertz CT molecular complexity index is 1820. The molecule has 0 spiro atoms. The number of alkyl halides is 10. The molecule has 0 bridgehead atoms. The van der Waals surface area contributed by atoms with Gasteiger partial charge in [0, 0.05) is 18.1 Å². The molecule has 262 valence electrons. The second kappa shape index (κ2) is 13.6. The molecule has 1 amide bonds. The van der Waals surface area contributed by atoms with E-state index in [0.717, 1.165) is 0 Å². The first-order valence-corrected chi connectivity index (χ1v) is 13.6. The molecular weight excluding hydrogens is 693 g/mol. The van der Waals surface area contributed by atoms with Crippen LogP contribution in [0, 0.1) is 17.5 Å². The molecule has 0 saturated carbocycles. The number of halogens is 13. The number of benzene rings is 4. The van der Waals surface area contributed by atoms with Crippen molar-refractivity contribution in [1.29, 1.82) is 0 Å². The average molecular weight is 713 g/mol. The fourth-order valence-corrected chi connectivity index (χ4v) is 4.86. The predicted octanol–water partition coefficient (Wildman–Crippen LogP) is 8.79. The first-order valence-electron chi connectivity index (χ1n) is 13.6. The van der Waals surface area contributed by atoms with Crippen molar-refractivity contribution in [3.8, 4) is 5.75 Å². The third-order valence-corrected chi connectivity index (χ3v) is 7.17. The molecule has 0 aliphatic heterocycles. The second-order valence-electron chi connectivity index (χ2n) is 10.5. The molecule has 4 nitrogen and oxygen atoms in total. The summed E-state index contributed by atoms with van der Waals surface area (Å²) in [5.74, 6) is -8.06. The summed E-state index contributed by atoms with van der Waals surface area (Å²) in [4.78, 5) is 13.7. The van der Waals surface area contributed by atoms with Gasteiger partial charge in [-0.3, -0.25) is 4.79 Å². The van der Waals surface area contributed by atoms with E-state index < -0.39 is 100 Å². The maximum absolute atomic E-state index is 15.0. The van der Waals surface area contributed by atoms with Crippen molar-refractivity contribution in [3.05, 3.63) is 135 Å². The van der Waals surface area contributed by atoms with Gasteiger partial charge in [0.15, 0.2) is 0 Å². The molecule has 0 radical (unpaired) electrons. The van der Waals surface area contributed by atoms with Crippen LogP contribution < -0.4 is 10.1 Å². The van der Waals surface area contributed by atoms with Gasteiger partial charge < -0.3 is 15.2 Å². The van der Waals surface area contributed by atoms with E-state index in [1.807, 2.05) is 0 Å². The number of amides is 1. The Kier molecular flexibility index (Phi) is 10.3. The van der Waals surface area contributed by atoms with E-state index >= 15 is 4.39 Å². The molecule has 0 saturated heterocycles. The second-order valence-corrected chi connectivity index (χ2v) is 10.5. The Morgan fingerprint density at radius 1 is 0.694 bits per heavy atom. The normalized spacial score (nSPS) is 13.7. The fourth-order valence-electron chi connectivity index (χ4n) is 4.86. The topological polar surface area (TPSA) is 58.6 Å². The van der Waals surface area contributed by atoms with Gasteiger partial charge in [0.05, 0.1) is 23.3 Å². The summed E-state index contributed by atoms with van der Waals surface area (Å²) in [6, 6.07) is 8.20. The predicted molar refractivity (Wildman–Crippen MR) is 145 cm³/mol. The van der Waals surface area contributed by atoms with E-state index in [1.165, 1.54) is 24.3 Å². The summed E-state index contributed by atoms with van der Waals surface area (Å²) in [6.45, 7) is -0.496. The van der Waals surface area contributed by atoms with Crippen molar-refractivity contribution in [3.63, 3.8) is 0 Å². The lowest BCUT2D eigenvalue weighted by Crippen LogP contribution is -2.49. The quantitative estimate of drug-likeness (QED) is 0.162. The number of nitrogens with one attached hydrogen (secondary N) is 1. The Balaban J connectivity index is 2.06. The van der Waals surface area contributed by atoms with Gasteiger partial charge in [-0.25, -0.2) is 13.2 Å². The zero-order chi connectivity index (χ0) is 36.5. The van der Waals surface area contributed by atoms with Crippen molar-refractivity contribution >= 4 is 5.91 Å². The van der Waals surface area contributed by atoms with Gasteiger partial charge in [0.25, 0.3) is 5.91 Å². The van der Waals surface area contributed by atoms with Gasteiger partial charge in [-0.15, -0.1) is 0 Å². The maximum Gasteiger partial charge on any atom is 0.461 e. The van der Waals surface area contributed by atoms with E-state index in [4.69, 9.17) is 0 Å². The Morgan fingerprint density at radius 3 is 1.80 bits per heavy atom. The molecule has 0 aromatic heterocycles. The Labute approximate surface area is 267 Å². The lowest BCUT2D eigenvalue weighted by atomic mass is 9.76. The molecular formula is C32H20F13NO3. The summed E-state index contributed by atoms with van der Waals surface area (Å²) in [5, 5.41) is 11.6. The lowest BCUT2D eigenvalue weighted by molar-refractivity contribution is -0.253. The van der Waals surface area contributed by atoms with Crippen LogP contribution in [0.4, 0.5) is 57.1 Å². The van der Waals surface area contributed by atoms with E-state index in [2.05, 4.69) is 10.1 Å². The van der Waals surface area contributed by atoms with Gasteiger partial charge >= 0.3 is 24.9 Å². The molecule has 4 aromatic carbocycles. The SMILES string of the molecule is O=C(NC(Cc1ccc(CO)cc1)(c1cc(F)cc(OC(F)(F)C(F)F)c1)c1ccc(F)c(C(F)(F)F)c1)c1ccc(F)c(C(F)(F)F)c1. The summed E-state index contributed by atoms with van der Waals surface area (Å²) < 4.78 is 183. The highest BCUT2D eigenvalue weighted by molar-refractivity contribution is 5.95. The Hall–Kier alpha value is -4.80. The highest BCUT2D eigenvalue weighted by Crippen LogP contribution is 2.41. The van der Waals surface area contributed by atoms with E-state index in [1.54, 1.807) is 0 Å². The lowest BCUT2D eigenvalue weighted by Gasteiger charge is -2.37. The fraction of sp³-hybridized carbons (Fsp3) is 0.219. The van der Waals surface area contributed by atoms with Crippen molar-refractivity contribution in [2.24, 2.45) is 0 Å². The van der Waals surface area contributed by atoms with Crippen molar-refractivity contribution in [2.45, 2.75) is 43.5 Å². The van der Waals surface area contributed by atoms with Gasteiger partial charge in [0.1, 0.15) is 23.2 Å². The number of rotatable bonds is 10. The number of carbonyl (C=O) groups is 1. The number of aliphatic hydroxyl groups is 1. The average Bonchev–Trinajstić information content (AvgIpc) is 2.99. The van der Waals surface area contributed by atoms with Crippen LogP contribution >= 0.6 is 0 Å². The highest BCUT2D eigenvalue weighted by atomic mass is 19.4. The van der Waals surface area contributed by atoms with Crippen LogP contribution in [-0.2, 0) is 30.9 Å². The largest absolute Gasteiger partial charge is 0.461 e. The molecule has 2 N–H and O–H groups in total. The van der Waals surface area contributed by atoms with Crippen LogP contribution in [0.25, 0.3) is 0 Å². The summed E-state index contributed by atoms with van der Waals surface area (Å²) >= 11 is 0. The van der Waals surface area contributed by atoms with Gasteiger partial charge in [0.2, 0.25) is 0 Å². The van der Waals surface area contributed by atoms with Crippen molar-refractivity contribution < 1.29 is 71.7 Å². The number of aliphatic hydroxyl groups excluding tert-OH is 1. The van der Waals surface area contributed by atoms with E-state index in [-0.39, 0.29) is 35.9 Å². The molecule has 0 heterocycles. The maximum atomic E-state index is 15.0. The molecule has 0 fully saturated rings. The first-order chi connectivity index (χ1) is 22.7. The van der Waals surface area contributed by atoms with Crippen LogP contribution in [0.5, 0.6) is 5.75 Å². The van der Waals surface area contributed by atoms with Gasteiger partial charge in [-0.2, -0.15) is 43.9 Å². The third kappa shape index (κ3) is 8.26. The van der Waals surface area contributed by atoms with Gasteiger partial charge in [-0.05, 0) is 64.7 Å². The minimum atomic E-state index is -5.41. The molecule has 4 rings (SSSR count). The smallest absolute Gasteiger partial charge is 0.428 e. The molecule has 17 heteroatoms. The number of hydrogen-bond acceptors (Lipinski definition) is 3. The minimum absolute atomic E-state index is 0.0371. The zero-order valence-corrected chi connectivity index (χ0v) is 24.2. The minimum Gasteiger partial charge on any atom is -0.428 e. The molecule has 1 atom stereocenters. The molecule has 49 heavy (non-hydrogen) atoms. The van der Waals surface area contributed by atoms with E-state index in [9.17, 15) is 62.6 Å². The molecule has 0 aliphatic rings. The number of ether oxygens (including phenoxy) is 1. The summed E-state index contributed by atoms with van der Waals surface area (Å²) in [5.41, 5.74) is -8.71. The van der Waals surface area contributed by atoms with Crippen molar-refractivity contribution in [2.75, 3.05) is 0 Å². The molecule has 1 unspecified atom stereocenters. The van der Waals surface area contributed by atoms with Crippen LogP contribution in [0.3, 0.4) is 0 Å². The standard InChI is InChI=1S/C32H20F13NO3/c33-21-10-20(11-22(13-21)49-32(44,45)28(36)37)29(14-16-1-3-17(15-47)4-2-16,19-6-8-26(35)24(12-19)31(41,42)43)46-27(48)18-5-7-25(34)23(9-18)30(38,39)40/h1-13,28,47H,14-15H2,(H,46,48). The number of carbonyl (C=O) groups excluding carboxylic acids is 1. The van der Waals surface area contributed by atoms with Crippen LogP contribution in [-0.4, -0.2) is 23.5 Å². The first kappa shape index (κ1) is 37.0. The molecule has 4 aromatic rings. The molecule has 0 aliphatic carbocycles. The zero-order valence-electron chi connectivity index (χ0n) is 24.2. The van der Waals surface area contributed by atoms with Crippen LogP contribution in [0.1, 0.15) is 43.7 Å². The third-order valence-electron chi connectivity index (χ3n) is 7.17. The summed E-state index contributed by atoms with van der Waals surface area (Å²) in [6.07, 6.45) is -21.2. The van der Waals surface area contributed by atoms with Crippen LogP contribution in [0.2, 0.25) is 0 Å². The van der Waals surface area contributed by atoms with Crippen LogP contribution in [0.15, 0.2) is 78.9 Å². The monoisotopic (exact) mass is 713 g/mol. The summed E-state index contributed by atoms with van der Waals surface area (Å²) in [7, 11) is 0. The van der Waals surface area contributed by atoms with E-state index in [0.29, 0.717) is 29.8 Å². The highest BCUT2D eigenvalue weighted by Gasteiger charge is 2.45. The number of hydrogen-bond donors (Lipinski definition) is 2.